The number of pyridine rings is 1. The summed E-state index contributed by atoms with van der Waals surface area (Å²) in [5.74, 6) is 1.68. The number of aromatic amines is 1. The number of aromatic nitrogens is 5. The van der Waals surface area contributed by atoms with Gasteiger partial charge in [-0.25, -0.2) is 4.68 Å². The van der Waals surface area contributed by atoms with Crippen LogP contribution in [0.1, 0.15) is 84.2 Å². The molecule has 1 aromatic carbocycles. The van der Waals surface area contributed by atoms with E-state index in [1.807, 2.05) is 35.9 Å². The number of hydrogen-bond donors (Lipinski definition) is 1. The van der Waals surface area contributed by atoms with Gasteiger partial charge < -0.3 is 9.72 Å². The Hall–Kier alpha value is -2.74. The SMILES string of the molecule is CCOc1ccc2[nH]c(=O)c(CN(C3CCCC3)[C@@H](CC)c3nnnn3C(C)(C)C)cc2c1. The Balaban J connectivity index is 1.74. The van der Waals surface area contributed by atoms with Crippen molar-refractivity contribution in [2.24, 2.45) is 0 Å². The van der Waals surface area contributed by atoms with E-state index in [1.54, 1.807) is 0 Å². The first-order chi connectivity index (χ1) is 15.8. The number of ether oxygens (including phenoxy) is 1. The van der Waals surface area contributed by atoms with Crippen LogP contribution < -0.4 is 10.3 Å². The molecule has 1 aliphatic carbocycles. The minimum Gasteiger partial charge on any atom is -0.494 e. The molecule has 0 bridgehead atoms. The van der Waals surface area contributed by atoms with Gasteiger partial charge >= 0.3 is 0 Å². The van der Waals surface area contributed by atoms with Gasteiger partial charge in [0.1, 0.15) is 5.75 Å². The van der Waals surface area contributed by atoms with Gasteiger partial charge in [-0.15, -0.1) is 5.10 Å². The highest BCUT2D eigenvalue weighted by Crippen LogP contribution is 2.34. The Morgan fingerprint density at radius 1 is 1.21 bits per heavy atom. The molecule has 4 rings (SSSR count). The van der Waals surface area contributed by atoms with Crippen LogP contribution in [0.3, 0.4) is 0 Å². The average Bonchev–Trinajstić information content (AvgIpc) is 3.46. The number of rotatable bonds is 8. The predicted octanol–water partition coefficient (Wildman–Crippen LogP) is 4.56. The van der Waals surface area contributed by atoms with Gasteiger partial charge in [-0.1, -0.05) is 19.8 Å². The predicted molar refractivity (Wildman–Crippen MR) is 129 cm³/mol. The lowest BCUT2D eigenvalue weighted by Gasteiger charge is -2.36. The number of nitrogens with one attached hydrogen (secondary N) is 1. The lowest BCUT2D eigenvalue weighted by molar-refractivity contribution is 0.108. The third-order valence-corrected chi connectivity index (χ3v) is 6.56. The minimum atomic E-state index is -0.219. The third-order valence-electron chi connectivity index (χ3n) is 6.56. The molecule has 178 valence electrons. The molecule has 8 nitrogen and oxygen atoms in total. The van der Waals surface area contributed by atoms with Crippen LogP contribution in [0.5, 0.6) is 5.75 Å². The first-order valence-electron chi connectivity index (χ1n) is 12.1. The van der Waals surface area contributed by atoms with Crippen molar-refractivity contribution >= 4 is 10.9 Å². The molecule has 2 aromatic heterocycles. The summed E-state index contributed by atoms with van der Waals surface area (Å²) in [6, 6.07) is 8.25. The quantitative estimate of drug-likeness (QED) is 0.539. The van der Waals surface area contributed by atoms with Crippen molar-refractivity contribution in [3.05, 3.63) is 46.0 Å². The van der Waals surface area contributed by atoms with E-state index < -0.39 is 0 Å². The molecular formula is C25H36N6O2. The zero-order valence-corrected chi connectivity index (χ0v) is 20.5. The second-order valence-corrected chi connectivity index (χ2v) is 9.96. The highest BCUT2D eigenvalue weighted by atomic mass is 16.5. The molecule has 8 heteroatoms. The Bertz CT molecular complexity index is 1140. The molecule has 1 saturated carbocycles. The van der Waals surface area contributed by atoms with Crippen LogP contribution in [0.15, 0.2) is 29.1 Å². The van der Waals surface area contributed by atoms with Crippen LogP contribution in [0.4, 0.5) is 0 Å². The maximum atomic E-state index is 13.1. The standard InChI is InChI=1S/C25H36N6O2/c1-6-22(23-27-28-29-31(23)25(3,4)5)30(19-10-8-9-11-19)16-18-14-17-15-20(33-7-2)12-13-21(17)26-24(18)32/h12-15,19,22H,6-11,16H2,1-5H3,(H,26,32)/t22-/m0/s1. The first-order valence-corrected chi connectivity index (χ1v) is 12.1. The van der Waals surface area contributed by atoms with Crippen molar-refractivity contribution in [3.63, 3.8) is 0 Å². The largest absolute Gasteiger partial charge is 0.494 e. The summed E-state index contributed by atoms with van der Waals surface area (Å²) in [6.45, 7) is 11.7. The molecule has 1 fully saturated rings. The van der Waals surface area contributed by atoms with E-state index in [0.717, 1.165) is 47.3 Å². The number of benzene rings is 1. The van der Waals surface area contributed by atoms with E-state index in [1.165, 1.54) is 12.8 Å². The lowest BCUT2D eigenvalue weighted by Crippen LogP contribution is -2.40. The molecule has 3 aromatic rings. The molecule has 33 heavy (non-hydrogen) atoms. The second kappa shape index (κ2) is 9.63. The summed E-state index contributed by atoms with van der Waals surface area (Å²) < 4.78 is 7.60. The smallest absolute Gasteiger partial charge is 0.252 e. The lowest BCUT2D eigenvalue weighted by atomic mass is 10.0. The maximum Gasteiger partial charge on any atom is 0.252 e. The fraction of sp³-hybridized carbons (Fsp3) is 0.600. The Morgan fingerprint density at radius 2 is 1.97 bits per heavy atom. The van der Waals surface area contributed by atoms with Crippen LogP contribution in [0.2, 0.25) is 0 Å². The number of fused-ring (bicyclic) bond motifs is 1. The van der Waals surface area contributed by atoms with Gasteiger partial charge in [-0.3, -0.25) is 9.69 Å². The number of H-pyrrole nitrogens is 1. The summed E-state index contributed by atoms with van der Waals surface area (Å²) in [4.78, 5) is 18.6. The van der Waals surface area contributed by atoms with Crippen LogP contribution in [-0.2, 0) is 12.1 Å². The van der Waals surface area contributed by atoms with Gasteiger partial charge in [0.25, 0.3) is 5.56 Å². The monoisotopic (exact) mass is 452 g/mol. The van der Waals surface area contributed by atoms with E-state index in [0.29, 0.717) is 19.2 Å². The topological polar surface area (TPSA) is 88.9 Å². The number of tetrazole rings is 1. The average molecular weight is 453 g/mol. The fourth-order valence-corrected chi connectivity index (χ4v) is 4.98. The van der Waals surface area contributed by atoms with E-state index in [2.05, 4.69) is 53.1 Å². The Kier molecular flexibility index (Phi) is 6.83. The van der Waals surface area contributed by atoms with Crippen molar-refractivity contribution in [2.45, 2.75) is 90.9 Å². The van der Waals surface area contributed by atoms with Gasteiger partial charge in [0, 0.05) is 29.1 Å². The molecule has 0 unspecified atom stereocenters. The second-order valence-electron chi connectivity index (χ2n) is 9.96. The van der Waals surface area contributed by atoms with Crippen LogP contribution in [0.25, 0.3) is 10.9 Å². The normalized spacial score (nSPS) is 16.1. The van der Waals surface area contributed by atoms with Crippen LogP contribution in [-0.4, -0.2) is 42.7 Å². The third kappa shape index (κ3) is 4.95. The molecule has 2 heterocycles. The molecule has 0 saturated heterocycles. The van der Waals surface area contributed by atoms with Crippen molar-refractivity contribution in [2.75, 3.05) is 6.61 Å². The van der Waals surface area contributed by atoms with Gasteiger partial charge in [0.15, 0.2) is 5.82 Å². The maximum absolute atomic E-state index is 13.1. The van der Waals surface area contributed by atoms with Gasteiger partial charge in [-0.2, -0.15) is 0 Å². The highest BCUT2D eigenvalue weighted by molar-refractivity contribution is 5.80. The fourth-order valence-electron chi connectivity index (χ4n) is 4.98. The van der Waals surface area contributed by atoms with Crippen molar-refractivity contribution in [1.82, 2.24) is 30.1 Å². The Morgan fingerprint density at radius 3 is 2.64 bits per heavy atom. The molecule has 0 radical (unpaired) electrons. The van der Waals surface area contributed by atoms with Crippen molar-refractivity contribution in [1.29, 1.82) is 0 Å². The zero-order valence-electron chi connectivity index (χ0n) is 20.5. The molecule has 1 atom stereocenters. The molecule has 0 aliphatic heterocycles. The molecule has 0 spiro atoms. The molecule has 0 amide bonds. The van der Waals surface area contributed by atoms with E-state index in [9.17, 15) is 4.79 Å². The van der Waals surface area contributed by atoms with E-state index >= 15 is 0 Å². The Labute approximate surface area is 195 Å². The summed E-state index contributed by atoms with van der Waals surface area (Å²) >= 11 is 0. The van der Waals surface area contributed by atoms with Crippen molar-refractivity contribution < 1.29 is 4.74 Å². The number of hydrogen-bond acceptors (Lipinski definition) is 6. The van der Waals surface area contributed by atoms with Crippen LogP contribution >= 0.6 is 0 Å². The molecule has 1 N–H and O–H groups in total. The molecular weight excluding hydrogens is 416 g/mol. The van der Waals surface area contributed by atoms with E-state index in [-0.39, 0.29) is 17.1 Å². The summed E-state index contributed by atoms with van der Waals surface area (Å²) in [6.07, 6.45) is 5.56. The molecule has 1 aliphatic rings. The number of nitrogens with zero attached hydrogens (tertiary/aromatic N) is 5. The van der Waals surface area contributed by atoms with Gasteiger partial charge in [0.05, 0.1) is 18.2 Å². The van der Waals surface area contributed by atoms with Gasteiger partial charge in [-0.05, 0) is 81.6 Å². The van der Waals surface area contributed by atoms with Crippen LogP contribution in [0, 0.1) is 0 Å². The zero-order chi connectivity index (χ0) is 23.6. The minimum absolute atomic E-state index is 0.0344. The summed E-state index contributed by atoms with van der Waals surface area (Å²) in [7, 11) is 0. The van der Waals surface area contributed by atoms with Gasteiger partial charge in [0.2, 0.25) is 0 Å². The van der Waals surface area contributed by atoms with Crippen molar-refractivity contribution in [3.8, 4) is 5.75 Å². The first kappa shape index (κ1) is 23.4. The summed E-state index contributed by atoms with van der Waals surface area (Å²) in [5, 5.41) is 13.7. The summed E-state index contributed by atoms with van der Waals surface area (Å²) in [5.41, 5.74) is 1.32. The van der Waals surface area contributed by atoms with E-state index in [4.69, 9.17) is 4.74 Å². The highest BCUT2D eigenvalue weighted by Gasteiger charge is 2.34.